The normalized spacial score (nSPS) is 19.8. The van der Waals surface area contributed by atoms with Gasteiger partial charge in [-0.1, -0.05) is 17.7 Å². The topological polar surface area (TPSA) is 55.4 Å². The number of amides is 2. The number of carbonyl (C=O) groups excluding carboxylic acids is 2. The molecule has 1 aromatic carbocycles. The Morgan fingerprint density at radius 1 is 1.44 bits per heavy atom. The second-order valence-corrected chi connectivity index (χ2v) is 4.62. The zero-order valence-electron chi connectivity index (χ0n) is 8.32. The summed E-state index contributed by atoms with van der Waals surface area (Å²) in [5.74, 6) is 0.149. The maximum absolute atomic E-state index is 11.5. The van der Waals surface area contributed by atoms with E-state index < -0.39 is 5.25 Å². The van der Waals surface area contributed by atoms with E-state index >= 15 is 0 Å². The fourth-order valence-electron chi connectivity index (χ4n) is 1.50. The van der Waals surface area contributed by atoms with Crippen LogP contribution in [0, 0.1) is 0 Å². The summed E-state index contributed by atoms with van der Waals surface area (Å²) in [7, 11) is 1.49. The standard InChI is InChI=1S/C10H8ClNO3S/c1-15-6-4-2-3-5(11)7(6)8-9(13)12-10(14)16-8/h2-4,8H,1H3,(H,12,13,14). The molecule has 1 fully saturated rings. The van der Waals surface area contributed by atoms with Gasteiger partial charge in [0.15, 0.2) is 0 Å². The van der Waals surface area contributed by atoms with E-state index in [1.807, 2.05) is 0 Å². The SMILES string of the molecule is COc1cccc(Cl)c1C1SC(=O)NC1=O. The molecule has 1 heterocycles. The van der Waals surface area contributed by atoms with E-state index in [1.165, 1.54) is 7.11 Å². The number of halogens is 1. The summed E-state index contributed by atoms with van der Waals surface area (Å²) >= 11 is 6.92. The summed E-state index contributed by atoms with van der Waals surface area (Å²) in [5.41, 5.74) is 0.542. The van der Waals surface area contributed by atoms with Crippen molar-refractivity contribution in [2.75, 3.05) is 7.11 Å². The molecule has 1 atom stereocenters. The number of imide groups is 1. The van der Waals surface area contributed by atoms with Crippen LogP contribution in [0.2, 0.25) is 5.02 Å². The molecule has 0 radical (unpaired) electrons. The van der Waals surface area contributed by atoms with E-state index in [0.29, 0.717) is 16.3 Å². The highest BCUT2D eigenvalue weighted by atomic mass is 35.5. The second-order valence-electron chi connectivity index (χ2n) is 3.13. The van der Waals surface area contributed by atoms with Crippen LogP contribution < -0.4 is 10.1 Å². The molecule has 4 nitrogen and oxygen atoms in total. The Labute approximate surface area is 101 Å². The van der Waals surface area contributed by atoms with Crippen molar-refractivity contribution in [1.29, 1.82) is 0 Å². The average Bonchev–Trinajstić information content (AvgIpc) is 2.57. The molecule has 0 bridgehead atoms. The first kappa shape index (κ1) is 11.3. The monoisotopic (exact) mass is 257 g/mol. The molecular formula is C10H8ClNO3S. The van der Waals surface area contributed by atoms with Gasteiger partial charge in [0.1, 0.15) is 11.0 Å². The van der Waals surface area contributed by atoms with Crippen LogP contribution >= 0.6 is 23.4 Å². The highest BCUT2D eigenvalue weighted by molar-refractivity contribution is 8.15. The number of nitrogens with one attached hydrogen (secondary N) is 1. The van der Waals surface area contributed by atoms with Gasteiger partial charge in [0.2, 0.25) is 5.91 Å². The molecule has 0 saturated carbocycles. The number of hydrogen-bond acceptors (Lipinski definition) is 4. The fraction of sp³-hybridized carbons (Fsp3) is 0.200. The van der Waals surface area contributed by atoms with Crippen molar-refractivity contribution in [2.24, 2.45) is 0 Å². The zero-order chi connectivity index (χ0) is 11.7. The first-order valence-electron chi connectivity index (χ1n) is 4.47. The lowest BCUT2D eigenvalue weighted by Crippen LogP contribution is -2.20. The number of thioether (sulfide) groups is 1. The molecule has 16 heavy (non-hydrogen) atoms. The maximum Gasteiger partial charge on any atom is 0.286 e. The van der Waals surface area contributed by atoms with Crippen molar-refractivity contribution >= 4 is 34.5 Å². The Hall–Kier alpha value is -1.20. The minimum atomic E-state index is -0.629. The smallest absolute Gasteiger partial charge is 0.286 e. The van der Waals surface area contributed by atoms with E-state index in [2.05, 4.69) is 5.32 Å². The zero-order valence-corrected chi connectivity index (χ0v) is 9.89. The van der Waals surface area contributed by atoms with Gasteiger partial charge in [0.05, 0.1) is 7.11 Å². The van der Waals surface area contributed by atoms with Crippen molar-refractivity contribution in [3.8, 4) is 5.75 Å². The van der Waals surface area contributed by atoms with Crippen LogP contribution in [0.5, 0.6) is 5.75 Å². The molecule has 0 aliphatic carbocycles. The van der Waals surface area contributed by atoms with Crippen molar-refractivity contribution in [3.63, 3.8) is 0 Å². The van der Waals surface area contributed by atoms with E-state index in [0.717, 1.165) is 11.8 Å². The first-order chi connectivity index (χ1) is 7.63. The molecule has 6 heteroatoms. The van der Waals surface area contributed by atoms with E-state index in [9.17, 15) is 9.59 Å². The van der Waals surface area contributed by atoms with Crippen molar-refractivity contribution in [2.45, 2.75) is 5.25 Å². The predicted molar refractivity (Wildman–Crippen MR) is 61.9 cm³/mol. The Kier molecular flexibility index (Phi) is 3.07. The molecule has 0 aromatic heterocycles. The molecule has 2 rings (SSSR count). The summed E-state index contributed by atoms with van der Waals surface area (Å²) in [5, 5.41) is 1.64. The Balaban J connectivity index is 2.47. The third-order valence-electron chi connectivity index (χ3n) is 2.18. The second kappa shape index (κ2) is 4.35. The number of benzene rings is 1. The largest absolute Gasteiger partial charge is 0.496 e. The van der Waals surface area contributed by atoms with E-state index in [1.54, 1.807) is 18.2 Å². The predicted octanol–water partition coefficient (Wildman–Crippen LogP) is 2.37. The molecule has 1 N–H and O–H groups in total. The molecule has 0 spiro atoms. The summed E-state index contributed by atoms with van der Waals surface area (Å²) in [6, 6.07) is 5.10. The minimum Gasteiger partial charge on any atom is -0.496 e. The van der Waals surface area contributed by atoms with Gasteiger partial charge in [-0.2, -0.15) is 0 Å². The van der Waals surface area contributed by atoms with Crippen molar-refractivity contribution < 1.29 is 14.3 Å². The number of methoxy groups -OCH3 is 1. The first-order valence-corrected chi connectivity index (χ1v) is 5.73. The van der Waals surface area contributed by atoms with Crippen molar-refractivity contribution in [3.05, 3.63) is 28.8 Å². The van der Waals surface area contributed by atoms with Crippen LogP contribution in [0.25, 0.3) is 0 Å². The lowest BCUT2D eigenvalue weighted by Gasteiger charge is -2.12. The quantitative estimate of drug-likeness (QED) is 0.884. The maximum atomic E-state index is 11.5. The van der Waals surface area contributed by atoms with Gasteiger partial charge in [0, 0.05) is 10.6 Å². The number of carbonyl (C=O) groups is 2. The van der Waals surface area contributed by atoms with Gasteiger partial charge in [0.25, 0.3) is 5.24 Å². The van der Waals surface area contributed by atoms with Gasteiger partial charge >= 0.3 is 0 Å². The lowest BCUT2D eigenvalue weighted by molar-refractivity contribution is -0.119. The number of rotatable bonds is 2. The number of ether oxygens (including phenoxy) is 1. The molecule has 2 amide bonds. The fourth-order valence-corrected chi connectivity index (χ4v) is 2.74. The van der Waals surface area contributed by atoms with Crippen LogP contribution in [-0.4, -0.2) is 18.3 Å². The summed E-state index contributed by atoms with van der Waals surface area (Å²) in [4.78, 5) is 22.6. The Morgan fingerprint density at radius 2 is 2.19 bits per heavy atom. The van der Waals surface area contributed by atoms with Gasteiger partial charge in [-0.25, -0.2) is 0 Å². The van der Waals surface area contributed by atoms with Crippen LogP contribution in [0.15, 0.2) is 18.2 Å². The summed E-state index contributed by atoms with van der Waals surface area (Å²) in [6.45, 7) is 0. The molecule has 1 aromatic rings. The van der Waals surface area contributed by atoms with Crippen LogP contribution in [-0.2, 0) is 4.79 Å². The van der Waals surface area contributed by atoms with Gasteiger partial charge in [-0.3, -0.25) is 14.9 Å². The highest BCUT2D eigenvalue weighted by Gasteiger charge is 2.36. The van der Waals surface area contributed by atoms with Gasteiger partial charge < -0.3 is 4.74 Å². The third kappa shape index (κ3) is 1.88. The van der Waals surface area contributed by atoms with E-state index in [4.69, 9.17) is 16.3 Å². The molecular weight excluding hydrogens is 250 g/mol. The Bertz CT molecular complexity index is 463. The number of hydrogen-bond donors (Lipinski definition) is 1. The van der Waals surface area contributed by atoms with Crippen LogP contribution in [0.3, 0.4) is 0 Å². The highest BCUT2D eigenvalue weighted by Crippen LogP contribution is 2.42. The lowest BCUT2D eigenvalue weighted by atomic mass is 10.1. The molecule has 1 unspecified atom stereocenters. The van der Waals surface area contributed by atoms with Gasteiger partial charge in [-0.15, -0.1) is 0 Å². The van der Waals surface area contributed by atoms with Crippen molar-refractivity contribution in [1.82, 2.24) is 5.32 Å². The molecule has 1 aliphatic rings. The molecule has 1 saturated heterocycles. The van der Waals surface area contributed by atoms with Crippen LogP contribution in [0.4, 0.5) is 4.79 Å². The van der Waals surface area contributed by atoms with Crippen LogP contribution in [0.1, 0.15) is 10.8 Å². The van der Waals surface area contributed by atoms with E-state index in [-0.39, 0.29) is 11.1 Å². The molecule has 84 valence electrons. The third-order valence-corrected chi connectivity index (χ3v) is 3.51. The minimum absolute atomic E-state index is 0.360. The van der Waals surface area contributed by atoms with Gasteiger partial charge in [-0.05, 0) is 23.9 Å². The summed E-state index contributed by atoms with van der Waals surface area (Å²) in [6.07, 6.45) is 0. The average molecular weight is 258 g/mol. The summed E-state index contributed by atoms with van der Waals surface area (Å²) < 4.78 is 5.13. The Morgan fingerprint density at radius 3 is 2.75 bits per heavy atom. The molecule has 1 aliphatic heterocycles.